The Morgan fingerprint density at radius 3 is 1.47 bits per heavy atom. The van der Waals surface area contributed by atoms with Crippen LogP contribution < -0.4 is 0 Å². The Hall–Kier alpha value is -2.70. The molecule has 232 valence electrons. The SMILES string of the molecule is COC1OC(C)C(OCc2ccccc2)C(OC2OC(C)C(O)C(O)C2OCc2ccccc2)C1OCc1ccccc1. The van der Waals surface area contributed by atoms with Crippen LogP contribution in [0.3, 0.4) is 0 Å². The first-order valence-corrected chi connectivity index (χ1v) is 14.8. The van der Waals surface area contributed by atoms with Gasteiger partial charge >= 0.3 is 0 Å². The molecule has 43 heavy (non-hydrogen) atoms. The summed E-state index contributed by atoms with van der Waals surface area (Å²) in [7, 11) is 1.56. The fourth-order valence-corrected chi connectivity index (χ4v) is 5.47. The maximum absolute atomic E-state index is 11.1. The van der Waals surface area contributed by atoms with E-state index in [4.69, 9.17) is 33.2 Å². The summed E-state index contributed by atoms with van der Waals surface area (Å²) in [5.74, 6) is 0. The predicted octanol–water partition coefficient (Wildman–Crippen LogP) is 3.99. The molecule has 2 N–H and O–H groups in total. The molecule has 0 spiro atoms. The molecular formula is C34H42O9. The lowest BCUT2D eigenvalue weighted by Crippen LogP contribution is -2.64. The zero-order chi connectivity index (χ0) is 30.2. The Bertz CT molecular complexity index is 1210. The van der Waals surface area contributed by atoms with E-state index in [1.165, 1.54) is 0 Å². The monoisotopic (exact) mass is 594 g/mol. The van der Waals surface area contributed by atoms with Crippen LogP contribution in [0.4, 0.5) is 0 Å². The molecule has 2 fully saturated rings. The molecule has 0 amide bonds. The van der Waals surface area contributed by atoms with Crippen LogP contribution in [0.1, 0.15) is 30.5 Å². The molecule has 2 aliphatic rings. The lowest BCUT2D eigenvalue weighted by molar-refractivity contribution is -0.365. The predicted molar refractivity (Wildman–Crippen MR) is 158 cm³/mol. The topological polar surface area (TPSA) is 105 Å². The summed E-state index contributed by atoms with van der Waals surface area (Å²) in [4.78, 5) is 0. The Balaban J connectivity index is 1.42. The van der Waals surface area contributed by atoms with Gasteiger partial charge in [0.25, 0.3) is 0 Å². The summed E-state index contributed by atoms with van der Waals surface area (Å²) in [6, 6.07) is 29.2. The fraction of sp³-hybridized carbons (Fsp3) is 0.471. The first-order chi connectivity index (χ1) is 20.9. The quantitative estimate of drug-likeness (QED) is 0.322. The van der Waals surface area contributed by atoms with Crippen molar-refractivity contribution < 1.29 is 43.4 Å². The summed E-state index contributed by atoms with van der Waals surface area (Å²) in [5.41, 5.74) is 2.88. The van der Waals surface area contributed by atoms with Crippen molar-refractivity contribution in [1.82, 2.24) is 0 Å². The summed E-state index contributed by atoms with van der Waals surface area (Å²) >= 11 is 0. The van der Waals surface area contributed by atoms with Gasteiger partial charge in [-0.15, -0.1) is 0 Å². The van der Waals surface area contributed by atoms with Crippen molar-refractivity contribution in [2.75, 3.05) is 7.11 Å². The van der Waals surface area contributed by atoms with E-state index in [-0.39, 0.29) is 13.2 Å². The van der Waals surface area contributed by atoms with Crippen LogP contribution in [0.25, 0.3) is 0 Å². The van der Waals surface area contributed by atoms with Gasteiger partial charge in [-0.3, -0.25) is 0 Å². The molecule has 10 unspecified atom stereocenters. The molecule has 3 aromatic rings. The van der Waals surface area contributed by atoms with E-state index >= 15 is 0 Å². The normalized spacial score (nSPS) is 32.9. The van der Waals surface area contributed by atoms with Crippen LogP contribution in [0.15, 0.2) is 91.0 Å². The molecule has 0 radical (unpaired) electrons. The van der Waals surface area contributed by atoms with E-state index in [1.807, 2.05) is 97.9 Å². The van der Waals surface area contributed by atoms with Crippen molar-refractivity contribution in [2.45, 2.75) is 95.1 Å². The van der Waals surface area contributed by atoms with Gasteiger partial charge < -0.3 is 43.4 Å². The summed E-state index contributed by atoms with van der Waals surface area (Å²) in [6.45, 7) is 4.39. The van der Waals surface area contributed by atoms with Crippen molar-refractivity contribution in [3.05, 3.63) is 108 Å². The third kappa shape index (κ3) is 8.07. The number of hydrogen-bond acceptors (Lipinski definition) is 9. The minimum Gasteiger partial charge on any atom is -0.388 e. The van der Waals surface area contributed by atoms with E-state index < -0.39 is 61.4 Å². The van der Waals surface area contributed by atoms with E-state index in [2.05, 4.69) is 0 Å². The number of rotatable bonds is 12. The zero-order valence-corrected chi connectivity index (χ0v) is 24.8. The number of aliphatic hydroxyl groups is 2. The highest BCUT2D eigenvalue weighted by Crippen LogP contribution is 2.34. The number of methoxy groups -OCH3 is 1. The van der Waals surface area contributed by atoms with Crippen molar-refractivity contribution >= 4 is 0 Å². The number of aliphatic hydroxyl groups excluding tert-OH is 2. The van der Waals surface area contributed by atoms with Gasteiger partial charge in [-0.25, -0.2) is 0 Å². The Labute approximate surface area is 253 Å². The lowest BCUT2D eigenvalue weighted by Gasteiger charge is -2.48. The minimum absolute atomic E-state index is 0.194. The van der Waals surface area contributed by atoms with Crippen LogP contribution >= 0.6 is 0 Å². The smallest absolute Gasteiger partial charge is 0.187 e. The van der Waals surface area contributed by atoms with Gasteiger partial charge in [0.15, 0.2) is 12.6 Å². The molecule has 2 aliphatic heterocycles. The highest BCUT2D eigenvalue weighted by molar-refractivity contribution is 5.15. The van der Waals surface area contributed by atoms with Gasteiger partial charge in [0, 0.05) is 7.11 Å². The lowest BCUT2D eigenvalue weighted by atomic mass is 9.97. The molecule has 9 heteroatoms. The minimum atomic E-state index is -1.25. The molecule has 10 atom stereocenters. The molecule has 0 aliphatic carbocycles. The van der Waals surface area contributed by atoms with Gasteiger partial charge in [0.2, 0.25) is 0 Å². The van der Waals surface area contributed by atoms with Crippen molar-refractivity contribution in [3.63, 3.8) is 0 Å². The molecule has 3 aromatic carbocycles. The second-order valence-electron chi connectivity index (χ2n) is 11.0. The Morgan fingerprint density at radius 2 is 0.977 bits per heavy atom. The maximum atomic E-state index is 11.1. The van der Waals surface area contributed by atoms with Crippen molar-refractivity contribution in [1.29, 1.82) is 0 Å². The second-order valence-corrected chi connectivity index (χ2v) is 11.0. The van der Waals surface area contributed by atoms with Crippen molar-refractivity contribution in [2.24, 2.45) is 0 Å². The third-order valence-corrected chi connectivity index (χ3v) is 7.89. The average molecular weight is 595 g/mol. The Kier molecular flexibility index (Phi) is 11.3. The molecular weight excluding hydrogens is 552 g/mol. The highest BCUT2D eigenvalue weighted by atomic mass is 16.7. The van der Waals surface area contributed by atoms with Crippen LogP contribution in [0.5, 0.6) is 0 Å². The van der Waals surface area contributed by atoms with Gasteiger partial charge in [-0.05, 0) is 30.5 Å². The molecule has 5 rings (SSSR count). The van der Waals surface area contributed by atoms with Crippen LogP contribution in [0, 0.1) is 0 Å². The molecule has 2 heterocycles. The molecule has 0 aromatic heterocycles. The molecule has 0 bridgehead atoms. The van der Waals surface area contributed by atoms with Crippen LogP contribution in [0.2, 0.25) is 0 Å². The van der Waals surface area contributed by atoms with E-state index in [9.17, 15) is 10.2 Å². The average Bonchev–Trinajstić information content (AvgIpc) is 3.04. The number of ether oxygens (including phenoxy) is 7. The Morgan fingerprint density at radius 1 is 0.535 bits per heavy atom. The molecule has 2 saturated heterocycles. The standard InChI is InChI=1S/C34H42O9/c1-22-27(35)28(36)30(39-20-25-15-9-5-10-16-25)34(41-22)43-31-29(38-19-24-13-7-4-8-14-24)23(2)42-33(37-3)32(31)40-21-26-17-11-6-12-18-26/h4-18,22-23,27-36H,19-21H2,1-3H3. The third-order valence-electron chi connectivity index (χ3n) is 7.89. The van der Waals surface area contributed by atoms with Gasteiger partial charge in [0.05, 0.1) is 32.0 Å². The highest BCUT2D eigenvalue weighted by Gasteiger charge is 2.52. The van der Waals surface area contributed by atoms with Crippen LogP contribution in [-0.2, 0) is 53.0 Å². The number of hydrogen-bond donors (Lipinski definition) is 2. The van der Waals surface area contributed by atoms with Gasteiger partial charge in [0.1, 0.15) is 36.6 Å². The summed E-state index contributed by atoms with van der Waals surface area (Å²) < 4.78 is 43.9. The summed E-state index contributed by atoms with van der Waals surface area (Å²) in [6.07, 6.45) is -8.41. The van der Waals surface area contributed by atoms with Crippen molar-refractivity contribution in [3.8, 4) is 0 Å². The first kappa shape index (κ1) is 31.7. The van der Waals surface area contributed by atoms with E-state index in [1.54, 1.807) is 14.0 Å². The molecule has 9 nitrogen and oxygen atoms in total. The first-order valence-electron chi connectivity index (χ1n) is 14.8. The molecule has 0 saturated carbocycles. The van der Waals surface area contributed by atoms with Gasteiger partial charge in [-0.2, -0.15) is 0 Å². The van der Waals surface area contributed by atoms with Gasteiger partial charge in [-0.1, -0.05) is 91.0 Å². The van der Waals surface area contributed by atoms with E-state index in [0.29, 0.717) is 6.61 Å². The zero-order valence-electron chi connectivity index (χ0n) is 24.8. The maximum Gasteiger partial charge on any atom is 0.187 e. The number of benzene rings is 3. The summed E-state index contributed by atoms with van der Waals surface area (Å²) in [5, 5.41) is 21.8. The second kappa shape index (κ2) is 15.3. The largest absolute Gasteiger partial charge is 0.388 e. The van der Waals surface area contributed by atoms with E-state index in [0.717, 1.165) is 16.7 Å². The van der Waals surface area contributed by atoms with Crippen LogP contribution in [-0.4, -0.2) is 78.7 Å². The fourth-order valence-electron chi connectivity index (χ4n) is 5.47.